The third-order valence-corrected chi connectivity index (χ3v) is 5.28. The van der Waals surface area contributed by atoms with E-state index in [4.69, 9.17) is 9.15 Å². The Labute approximate surface area is 172 Å². The van der Waals surface area contributed by atoms with Crippen molar-refractivity contribution in [1.29, 1.82) is 0 Å². The molecule has 1 fully saturated rings. The molecule has 1 aliphatic heterocycles. The van der Waals surface area contributed by atoms with E-state index < -0.39 is 17.7 Å². The van der Waals surface area contributed by atoms with Crippen molar-refractivity contribution in [3.63, 3.8) is 0 Å². The van der Waals surface area contributed by atoms with E-state index in [0.29, 0.717) is 6.54 Å². The number of nitrogens with one attached hydrogen (secondary N) is 1. The molecule has 0 bridgehead atoms. The largest absolute Gasteiger partial charge is 0.464 e. The molecule has 3 rings (SSSR count). The Morgan fingerprint density at radius 3 is 2.69 bits per heavy atom. The van der Waals surface area contributed by atoms with Crippen molar-refractivity contribution in [1.82, 2.24) is 10.2 Å². The fourth-order valence-electron chi connectivity index (χ4n) is 3.91. The second-order valence-electron chi connectivity index (χ2n) is 9.16. The van der Waals surface area contributed by atoms with Gasteiger partial charge in [0.25, 0.3) is 0 Å². The van der Waals surface area contributed by atoms with Gasteiger partial charge in [0, 0.05) is 23.5 Å². The van der Waals surface area contributed by atoms with Crippen LogP contribution >= 0.6 is 0 Å². The molecule has 0 spiro atoms. The number of amides is 2. The van der Waals surface area contributed by atoms with Crippen LogP contribution in [-0.2, 0) is 16.0 Å². The summed E-state index contributed by atoms with van der Waals surface area (Å²) in [5.41, 5.74) is 1.38. The van der Waals surface area contributed by atoms with Crippen molar-refractivity contribution >= 4 is 23.0 Å². The van der Waals surface area contributed by atoms with Crippen LogP contribution in [0.2, 0.25) is 0 Å². The Bertz CT molecular complexity index is 865. The molecule has 2 aromatic rings. The first kappa shape index (κ1) is 21.2. The summed E-state index contributed by atoms with van der Waals surface area (Å²) in [6, 6.07) is 7.46. The summed E-state index contributed by atoms with van der Waals surface area (Å²) in [6.45, 7) is 10.0. The van der Waals surface area contributed by atoms with Gasteiger partial charge in [0.05, 0.1) is 6.26 Å². The number of likely N-dealkylation sites (tertiary alicyclic amines) is 1. The number of para-hydroxylation sites is 1. The van der Waals surface area contributed by atoms with Crippen LogP contribution in [0.15, 0.2) is 34.9 Å². The van der Waals surface area contributed by atoms with Gasteiger partial charge in [0.1, 0.15) is 17.2 Å². The maximum absolute atomic E-state index is 13.3. The number of alkyl carbamates (subject to hydrolysis) is 1. The highest BCUT2D eigenvalue weighted by Gasteiger charge is 2.36. The molecule has 2 amide bonds. The molecule has 1 N–H and O–H groups in total. The predicted molar refractivity (Wildman–Crippen MR) is 113 cm³/mol. The standard InChI is InChI=1S/C23H32N2O4/c1-15(2)20(24-22(27)29-23(3,4)5)21(26)25-12-8-9-17(25)13-16-14-28-19-11-7-6-10-18(16)19/h6-7,10-11,14-15,17,20H,8-9,12-13H2,1-5H3,(H,24,27)/t17-,20-/m0/s1. The molecular weight excluding hydrogens is 368 g/mol. The highest BCUT2D eigenvalue weighted by atomic mass is 16.6. The second kappa shape index (κ2) is 8.47. The summed E-state index contributed by atoms with van der Waals surface area (Å²) < 4.78 is 11.0. The molecule has 2 atom stereocenters. The number of hydrogen-bond acceptors (Lipinski definition) is 4. The average Bonchev–Trinajstić information content (AvgIpc) is 3.25. The van der Waals surface area contributed by atoms with Crippen molar-refractivity contribution < 1.29 is 18.7 Å². The molecule has 0 unspecified atom stereocenters. The zero-order valence-corrected chi connectivity index (χ0v) is 18.0. The molecule has 0 radical (unpaired) electrons. The Morgan fingerprint density at radius 2 is 2.00 bits per heavy atom. The van der Waals surface area contributed by atoms with E-state index in [1.165, 1.54) is 0 Å². The predicted octanol–water partition coefficient (Wildman–Crippen LogP) is 4.52. The van der Waals surface area contributed by atoms with Gasteiger partial charge in [-0.2, -0.15) is 0 Å². The van der Waals surface area contributed by atoms with E-state index >= 15 is 0 Å². The third-order valence-electron chi connectivity index (χ3n) is 5.28. The molecule has 1 aromatic heterocycles. The molecule has 2 heterocycles. The van der Waals surface area contributed by atoms with Crippen LogP contribution < -0.4 is 5.32 Å². The molecule has 1 aromatic carbocycles. The van der Waals surface area contributed by atoms with Crippen LogP contribution in [0, 0.1) is 5.92 Å². The lowest BCUT2D eigenvalue weighted by Gasteiger charge is -2.31. The van der Waals surface area contributed by atoms with Crippen LogP contribution in [-0.4, -0.2) is 41.1 Å². The number of rotatable bonds is 5. The molecule has 29 heavy (non-hydrogen) atoms. The van der Waals surface area contributed by atoms with Crippen LogP contribution in [0.5, 0.6) is 0 Å². The normalized spacial score (nSPS) is 18.3. The van der Waals surface area contributed by atoms with Gasteiger partial charge in [-0.15, -0.1) is 0 Å². The number of carbonyl (C=O) groups is 2. The molecule has 0 aliphatic carbocycles. The Hall–Kier alpha value is -2.50. The highest BCUT2D eigenvalue weighted by molar-refractivity contribution is 5.86. The zero-order valence-electron chi connectivity index (χ0n) is 18.0. The van der Waals surface area contributed by atoms with Gasteiger partial charge in [-0.3, -0.25) is 4.79 Å². The first-order valence-corrected chi connectivity index (χ1v) is 10.4. The number of hydrogen-bond donors (Lipinski definition) is 1. The molecule has 6 nitrogen and oxygen atoms in total. The van der Waals surface area contributed by atoms with Crippen molar-refractivity contribution in [3.05, 3.63) is 36.1 Å². The summed E-state index contributed by atoms with van der Waals surface area (Å²) in [5.74, 6) is -0.0767. The van der Waals surface area contributed by atoms with Gasteiger partial charge in [-0.25, -0.2) is 4.79 Å². The Kier molecular flexibility index (Phi) is 6.20. The smallest absolute Gasteiger partial charge is 0.408 e. The lowest BCUT2D eigenvalue weighted by Crippen LogP contribution is -2.53. The molecule has 1 aliphatic rings. The van der Waals surface area contributed by atoms with E-state index in [2.05, 4.69) is 11.4 Å². The summed E-state index contributed by atoms with van der Waals surface area (Å²) in [4.78, 5) is 27.5. The number of nitrogens with zero attached hydrogens (tertiary/aromatic N) is 1. The first-order chi connectivity index (χ1) is 13.7. The summed E-state index contributed by atoms with van der Waals surface area (Å²) in [7, 11) is 0. The molecule has 158 valence electrons. The minimum absolute atomic E-state index is 0.0361. The number of carbonyl (C=O) groups excluding carboxylic acids is 2. The maximum atomic E-state index is 13.3. The number of ether oxygens (including phenoxy) is 1. The van der Waals surface area contributed by atoms with E-state index in [1.807, 2.05) is 57.7 Å². The van der Waals surface area contributed by atoms with Crippen molar-refractivity contribution in [2.24, 2.45) is 5.92 Å². The van der Waals surface area contributed by atoms with Crippen molar-refractivity contribution in [2.75, 3.05) is 6.54 Å². The van der Waals surface area contributed by atoms with Gasteiger partial charge < -0.3 is 19.4 Å². The van der Waals surface area contributed by atoms with Crippen molar-refractivity contribution in [3.8, 4) is 0 Å². The van der Waals surface area contributed by atoms with Crippen LogP contribution in [0.25, 0.3) is 11.0 Å². The third kappa shape index (κ3) is 5.11. The van der Waals surface area contributed by atoms with Gasteiger partial charge >= 0.3 is 6.09 Å². The topological polar surface area (TPSA) is 71.8 Å². The number of benzene rings is 1. The Balaban J connectivity index is 1.72. The van der Waals surface area contributed by atoms with E-state index in [0.717, 1.165) is 35.8 Å². The van der Waals surface area contributed by atoms with Gasteiger partial charge in [0.2, 0.25) is 5.91 Å². The molecule has 6 heteroatoms. The van der Waals surface area contributed by atoms with E-state index in [9.17, 15) is 9.59 Å². The second-order valence-corrected chi connectivity index (χ2v) is 9.16. The lowest BCUT2D eigenvalue weighted by atomic mass is 10.00. The first-order valence-electron chi connectivity index (χ1n) is 10.4. The van der Waals surface area contributed by atoms with Gasteiger partial charge in [-0.05, 0) is 52.0 Å². The van der Waals surface area contributed by atoms with Crippen LogP contribution in [0.4, 0.5) is 4.79 Å². The van der Waals surface area contributed by atoms with Crippen LogP contribution in [0.3, 0.4) is 0 Å². The quantitative estimate of drug-likeness (QED) is 0.801. The number of furan rings is 1. The maximum Gasteiger partial charge on any atom is 0.408 e. The van der Waals surface area contributed by atoms with Crippen LogP contribution in [0.1, 0.15) is 53.0 Å². The highest BCUT2D eigenvalue weighted by Crippen LogP contribution is 2.28. The van der Waals surface area contributed by atoms with Gasteiger partial charge in [-0.1, -0.05) is 32.0 Å². The van der Waals surface area contributed by atoms with Gasteiger partial charge in [0.15, 0.2) is 0 Å². The fraction of sp³-hybridized carbons (Fsp3) is 0.565. The summed E-state index contributed by atoms with van der Waals surface area (Å²) in [5, 5.41) is 3.88. The summed E-state index contributed by atoms with van der Waals surface area (Å²) in [6.07, 6.45) is 3.90. The summed E-state index contributed by atoms with van der Waals surface area (Å²) >= 11 is 0. The molecule has 0 saturated carbocycles. The minimum Gasteiger partial charge on any atom is -0.464 e. The Morgan fingerprint density at radius 1 is 1.28 bits per heavy atom. The van der Waals surface area contributed by atoms with E-state index in [-0.39, 0.29) is 17.9 Å². The van der Waals surface area contributed by atoms with Crippen molar-refractivity contribution in [2.45, 2.75) is 71.6 Å². The average molecular weight is 401 g/mol. The molecule has 1 saturated heterocycles. The minimum atomic E-state index is -0.605. The fourth-order valence-corrected chi connectivity index (χ4v) is 3.91. The zero-order chi connectivity index (χ0) is 21.2. The van der Waals surface area contributed by atoms with E-state index in [1.54, 1.807) is 6.26 Å². The number of fused-ring (bicyclic) bond motifs is 1. The molecular formula is C23H32N2O4. The lowest BCUT2D eigenvalue weighted by molar-refractivity contribution is -0.135. The SMILES string of the molecule is CC(C)[C@H](NC(=O)OC(C)(C)C)C(=O)N1CCC[C@H]1Cc1coc2ccccc12. The monoisotopic (exact) mass is 400 g/mol.